The third-order valence-corrected chi connectivity index (χ3v) is 5.25. The molecule has 3 rings (SSSR count). The number of halogens is 3. The topological polar surface area (TPSA) is 43.1 Å². The molecule has 0 aliphatic carbocycles. The van der Waals surface area contributed by atoms with Crippen LogP contribution in [-0.4, -0.2) is 21.1 Å². The number of nitrogens with zero attached hydrogens (tertiary/aromatic N) is 4. The number of benzene rings is 2. The molecule has 2 aromatic carbocycles. The maximum Gasteiger partial charge on any atom is 0.212 e. The van der Waals surface area contributed by atoms with Crippen molar-refractivity contribution >= 4 is 52.8 Å². The molecule has 0 aliphatic heterocycles. The minimum atomic E-state index is 0.361. The first-order valence-corrected chi connectivity index (χ1v) is 9.01. The molecule has 0 amide bonds. The van der Waals surface area contributed by atoms with Crippen LogP contribution in [0.3, 0.4) is 0 Å². The summed E-state index contributed by atoms with van der Waals surface area (Å²) in [7, 11) is 0. The Bertz CT molecular complexity index is 865. The first kappa shape index (κ1) is 17.3. The number of thioether (sulfide) groups is 1. The van der Waals surface area contributed by atoms with Crippen LogP contribution in [-0.2, 0) is 5.75 Å². The molecular weight excluding hydrogens is 387 g/mol. The normalized spacial score (nSPS) is 11.3. The van der Waals surface area contributed by atoms with E-state index in [4.69, 9.17) is 34.8 Å². The Morgan fingerprint density at radius 1 is 1.04 bits per heavy atom. The second kappa shape index (κ2) is 8.03. The van der Waals surface area contributed by atoms with Gasteiger partial charge in [-0.2, -0.15) is 9.78 Å². The molecule has 0 atom stereocenters. The molecule has 0 unspecified atom stereocenters. The summed E-state index contributed by atoms with van der Waals surface area (Å²) in [4.78, 5) is 0. The van der Waals surface area contributed by atoms with Crippen molar-refractivity contribution in [3.8, 4) is 0 Å². The van der Waals surface area contributed by atoms with Crippen LogP contribution < -0.4 is 0 Å². The van der Waals surface area contributed by atoms with Crippen LogP contribution in [0.25, 0.3) is 0 Å². The minimum Gasteiger partial charge on any atom is -0.195 e. The fraction of sp³-hybridized carbons (Fsp3) is 0.0625. The zero-order valence-corrected chi connectivity index (χ0v) is 15.3. The van der Waals surface area contributed by atoms with Crippen molar-refractivity contribution in [2.45, 2.75) is 10.9 Å². The number of hydrogen-bond acceptors (Lipinski definition) is 4. The second-order valence-corrected chi connectivity index (χ2v) is 6.87. The highest BCUT2D eigenvalue weighted by molar-refractivity contribution is 7.98. The lowest BCUT2D eigenvalue weighted by Gasteiger charge is -2.04. The maximum atomic E-state index is 6.17. The van der Waals surface area contributed by atoms with Gasteiger partial charge < -0.3 is 0 Å². The van der Waals surface area contributed by atoms with E-state index in [1.165, 1.54) is 23.7 Å². The first-order valence-electron chi connectivity index (χ1n) is 6.90. The molecule has 4 nitrogen and oxygen atoms in total. The first-order chi connectivity index (χ1) is 11.6. The molecule has 0 fully saturated rings. The van der Waals surface area contributed by atoms with Crippen LogP contribution in [0.5, 0.6) is 0 Å². The highest BCUT2D eigenvalue weighted by Crippen LogP contribution is 2.30. The number of aromatic nitrogens is 3. The predicted molar refractivity (Wildman–Crippen MR) is 100 cm³/mol. The summed E-state index contributed by atoms with van der Waals surface area (Å²) in [5.74, 6) is 0.772. The summed E-state index contributed by atoms with van der Waals surface area (Å²) in [6.45, 7) is 0. The zero-order chi connectivity index (χ0) is 16.9. The monoisotopic (exact) mass is 396 g/mol. The highest BCUT2D eigenvalue weighted by atomic mass is 35.5. The van der Waals surface area contributed by atoms with E-state index >= 15 is 0 Å². The van der Waals surface area contributed by atoms with Gasteiger partial charge in [-0.1, -0.05) is 76.9 Å². The summed E-state index contributed by atoms with van der Waals surface area (Å²) in [5.41, 5.74) is 1.75. The van der Waals surface area contributed by atoms with Gasteiger partial charge in [0, 0.05) is 11.3 Å². The molecule has 3 aromatic rings. The molecule has 8 heteroatoms. The van der Waals surface area contributed by atoms with E-state index in [-0.39, 0.29) is 0 Å². The molecule has 0 aliphatic rings. The van der Waals surface area contributed by atoms with Crippen molar-refractivity contribution < 1.29 is 0 Å². The third-order valence-electron chi connectivity index (χ3n) is 3.10. The SMILES string of the molecule is Clc1ccc(Cl)c(/C=N/n2cnnc2SCc2ccccc2)c1Cl. The molecular formula is C16H11Cl3N4S. The average Bonchev–Trinajstić information content (AvgIpc) is 3.05. The molecule has 0 saturated heterocycles. The lowest BCUT2D eigenvalue weighted by atomic mass is 10.2. The Hall–Kier alpha value is -1.53. The van der Waals surface area contributed by atoms with Gasteiger partial charge in [-0.3, -0.25) is 0 Å². The Morgan fingerprint density at radius 2 is 1.79 bits per heavy atom. The summed E-state index contributed by atoms with van der Waals surface area (Å²) in [5, 5.41) is 14.2. The fourth-order valence-electron chi connectivity index (χ4n) is 1.90. The van der Waals surface area contributed by atoms with E-state index in [1.807, 2.05) is 18.2 Å². The van der Waals surface area contributed by atoms with Gasteiger partial charge in [0.2, 0.25) is 5.16 Å². The van der Waals surface area contributed by atoms with E-state index < -0.39 is 0 Å². The molecule has 0 spiro atoms. The fourth-order valence-corrected chi connectivity index (χ4v) is 3.35. The molecule has 0 bridgehead atoms. The Balaban J connectivity index is 1.77. The van der Waals surface area contributed by atoms with Gasteiger partial charge in [0.15, 0.2) is 0 Å². The van der Waals surface area contributed by atoms with Crippen molar-refractivity contribution in [1.82, 2.24) is 14.9 Å². The summed E-state index contributed by atoms with van der Waals surface area (Å²) >= 11 is 19.9. The largest absolute Gasteiger partial charge is 0.212 e. The number of hydrogen-bond donors (Lipinski definition) is 0. The van der Waals surface area contributed by atoms with Crippen molar-refractivity contribution in [3.63, 3.8) is 0 Å². The summed E-state index contributed by atoms with van der Waals surface area (Å²) in [6.07, 6.45) is 3.07. The van der Waals surface area contributed by atoms with Crippen LogP contribution in [0.2, 0.25) is 15.1 Å². The third kappa shape index (κ3) is 4.11. The van der Waals surface area contributed by atoms with Gasteiger partial charge in [0.25, 0.3) is 0 Å². The molecule has 1 aromatic heterocycles. The molecule has 0 saturated carbocycles. The van der Waals surface area contributed by atoms with E-state index in [0.717, 1.165) is 5.75 Å². The van der Waals surface area contributed by atoms with E-state index in [2.05, 4.69) is 27.4 Å². The minimum absolute atomic E-state index is 0.361. The van der Waals surface area contributed by atoms with Gasteiger partial charge in [0.1, 0.15) is 6.33 Å². The lowest BCUT2D eigenvalue weighted by Crippen LogP contribution is -1.94. The predicted octanol–water partition coefficient (Wildman–Crippen LogP) is 5.41. The van der Waals surface area contributed by atoms with Gasteiger partial charge in [0.05, 0.1) is 21.3 Å². The van der Waals surface area contributed by atoms with E-state index in [1.54, 1.807) is 23.0 Å². The van der Waals surface area contributed by atoms with Crippen molar-refractivity contribution in [2.75, 3.05) is 0 Å². The van der Waals surface area contributed by atoms with Crippen molar-refractivity contribution in [3.05, 3.63) is 75.0 Å². The molecule has 0 radical (unpaired) electrons. The molecule has 122 valence electrons. The lowest BCUT2D eigenvalue weighted by molar-refractivity contribution is 0.767. The molecule has 24 heavy (non-hydrogen) atoms. The Kier molecular flexibility index (Phi) is 5.79. The Morgan fingerprint density at radius 3 is 2.58 bits per heavy atom. The van der Waals surface area contributed by atoms with E-state index in [0.29, 0.717) is 25.8 Å². The zero-order valence-electron chi connectivity index (χ0n) is 12.2. The van der Waals surface area contributed by atoms with Crippen LogP contribution >= 0.6 is 46.6 Å². The second-order valence-electron chi connectivity index (χ2n) is 4.73. The van der Waals surface area contributed by atoms with Gasteiger partial charge in [-0.15, -0.1) is 10.2 Å². The van der Waals surface area contributed by atoms with Crippen LogP contribution in [0, 0.1) is 0 Å². The van der Waals surface area contributed by atoms with Gasteiger partial charge in [-0.25, -0.2) is 0 Å². The quantitative estimate of drug-likeness (QED) is 0.328. The summed E-state index contributed by atoms with van der Waals surface area (Å²) in [6, 6.07) is 13.4. The van der Waals surface area contributed by atoms with E-state index in [9.17, 15) is 0 Å². The standard InChI is InChI=1S/C16H11Cl3N4S/c17-13-6-7-14(18)15(19)12(13)8-21-23-10-20-22-16(23)24-9-11-4-2-1-3-5-11/h1-8,10H,9H2/b21-8+. The molecule has 1 heterocycles. The number of rotatable bonds is 5. The molecule has 0 N–H and O–H groups in total. The smallest absolute Gasteiger partial charge is 0.195 e. The van der Waals surface area contributed by atoms with Crippen LogP contribution in [0.15, 0.2) is 59.0 Å². The van der Waals surface area contributed by atoms with Crippen molar-refractivity contribution in [1.29, 1.82) is 0 Å². The highest BCUT2D eigenvalue weighted by Gasteiger charge is 2.09. The van der Waals surface area contributed by atoms with Crippen LogP contribution in [0.4, 0.5) is 0 Å². The average molecular weight is 398 g/mol. The maximum absolute atomic E-state index is 6.17. The van der Waals surface area contributed by atoms with Gasteiger partial charge >= 0.3 is 0 Å². The Labute approximate surface area is 158 Å². The van der Waals surface area contributed by atoms with Gasteiger partial charge in [-0.05, 0) is 17.7 Å². The van der Waals surface area contributed by atoms with Crippen molar-refractivity contribution in [2.24, 2.45) is 5.10 Å². The summed E-state index contributed by atoms with van der Waals surface area (Å²) < 4.78 is 1.57. The van der Waals surface area contributed by atoms with Crippen LogP contribution in [0.1, 0.15) is 11.1 Å².